The number of methoxy groups -OCH3 is 1. The molecular weight excluding hydrogens is 267 g/mol. The van der Waals surface area contributed by atoms with E-state index in [1.165, 1.54) is 19.2 Å². The molecule has 98 valence electrons. The van der Waals surface area contributed by atoms with Gasteiger partial charge in [-0.05, 0) is 35.9 Å². The molecule has 2 aromatic carbocycles. The van der Waals surface area contributed by atoms with Crippen molar-refractivity contribution >= 4 is 17.4 Å². The highest BCUT2D eigenvalue weighted by Gasteiger charge is 2.11. The maximum absolute atomic E-state index is 13.5. The largest absolute Gasteiger partial charge is 0.494 e. The zero-order chi connectivity index (χ0) is 13.8. The van der Waals surface area contributed by atoms with E-state index in [2.05, 4.69) is 0 Å². The normalized spacial score (nSPS) is 10.3. The molecule has 0 N–H and O–H groups in total. The first kappa shape index (κ1) is 13.6. The van der Waals surface area contributed by atoms with E-state index < -0.39 is 5.82 Å². The Morgan fingerprint density at radius 2 is 2.05 bits per heavy atom. The van der Waals surface area contributed by atoms with Crippen molar-refractivity contribution in [2.75, 3.05) is 7.11 Å². The van der Waals surface area contributed by atoms with Crippen molar-refractivity contribution in [2.45, 2.75) is 6.42 Å². The van der Waals surface area contributed by atoms with Crippen LogP contribution in [0, 0.1) is 5.82 Å². The van der Waals surface area contributed by atoms with Crippen LogP contribution in [0.2, 0.25) is 5.02 Å². The second-order valence-corrected chi connectivity index (χ2v) is 4.52. The van der Waals surface area contributed by atoms with Gasteiger partial charge in [0.1, 0.15) is 0 Å². The molecule has 0 aliphatic heterocycles. The third kappa shape index (κ3) is 3.32. The minimum absolute atomic E-state index is 0.124. The van der Waals surface area contributed by atoms with Crippen LogP contribution in [-0.2, 0) is 6.42 Å². The Morgan fingerprint density at radius 3 is 2.68 bits per heavy atom. The van der Waals surface area contributed by atoms with Gasteiger partial charge in [0.15, 0.2) is 17.3 Å². The predicted octanol–water partition coefficient (Wildman–Crippen LogP) is 3.91. The number of carbonyl (C=O) groups is 1. The molecule has 0 aromatic heterocycles. The van der Waals surface area contributed by atoms with Crippen molar-refractivity contribution < 1.29 is 13.9 Å². The summed E-state index contributed by atoms with van der Waals surface area (Å²) in [7, 11) is 1.38. The molecule has 0 aliphatic carbocycles. The molecule has 4 heteroatoms. The SMILES string of the molecule is COc1ccc(C(=O)Cc2cccc(Cl)c2)cc1F. The molecule has 0 atom stereocenters. The first-order valence-corrected chi connectivity index (χ1v) is 6.09. The van der Waals surface area contributed by atoms with Crippen molar-refractivity contribution in [3.05, 3.63) is 64.4 Å². The van der Waals surface area contributed by atoms with Gasteiger partial charge in [-0.3, -0.25) is 4.79 Å². The van der Waals surface area contributed by atoms with Crippen molar-refractivity contribution in [1.29, 1.82) is 0 Å². The molecule has 2 aromatic rings. The number of halogens is 2. The van der Waals surface area contributed by atoms with Crippen LogP contribution in [0.4, 0.5) is 4.39 Å². The fraction of sp³-hybridized carbons (Fsp3) is 0.133. The van der Waals surface area contributed by atoms with E-state index >= 15 is 0 Å². The Morgan fingerprint density at radius 1 is 1.26 bits per heavy atom. The maximum atomic E-state index is 13.5. The van der Waals surface area contributed by atoms with Crippen LogP contribution >= 0.6 is 11.6 Å². The summed E-state index contributed by atoms with van der Waals surface area (Å²) in [6.07, 6.45) is 0.187. The smallest absolute Gasteiger partial charge is 0.167 e. The van der Waals surface area contributed by atoms with Gasteiger partial charge in [0.05, 0.1) is 7.11 Å². The quantitative estimate of drug-likeness (QED) is 0.793. The molecule has 0 fully saturated rings. The van der Waals surface area contributed by atoms with E-state index in [9.17, 15) is 9.18 Å². The molecule has 0 heterocycles. The predicted molar refractivity (Wildman–Crippen MR) is 72.4 cm³/mol. The third-order valence-corrected chi connectivity index (χ3v) is 2.96. The lowest BCUT2D eigenvalue weighted by molar-refractivity contribution is 0.0992. The molecule has 2 nitrogen and oxygen atoms in total. The summed E-state index contributed by atoms with van der Waals surface area (Å²) < 4.78 is 18.3. The van der Waals surface area contributed by atoms with Gasteiger partial charge in [0, 0.05) is 17.0 Å². The summed E-state index contributed by atoms with van der Waals surface area (Å²) in [4.78, 5) is 12.0. The third-order valence-electron chi connectivity index (χ3n) is 2.73. The number of hydrogen-bond donors (Lipinski definition) is 0. The zero-order valence-corrected chi connectivity index (χ0v) is 11.1. The fourth-order valence-electron chi connectivity index (χ4n) is 1.77. The number of carbonyl (C=O) groups excluding carboxylic acids is 1. The van der Waals surface area contributed by atoms with Crippen LogP contribution in [0.15, 0.2) is 42.5 Å². The van der Waals surface area contributed by atoms with Crippen LogP contribution in [-0.4, -0.2) is 12.9 Å². The molecule has 0 saturated carbocycles. The first-order valence-electron chi connectivity index (χ1n) is 5.71. The number of ether oxygens (including phenoxy) is 1. The number of benzene rings is 2. The lowest BCUT2D eigenvalue weighted by Crippen LogP contribution is -2.04. The molecule has 0 radical (unpaired) electrons. The molecule has 0 unspecified atom stereocenters. The van der Waals surface area contributed by atoms with Gasteiger partial charge in [-0.1, -0.05) is 23.7 Å². The molecule has 0 amide bonds. The summed E-state index contributed by atoms with van der Waals surface area (Å²) in [5.41, 5.74) is 1.12. The average Bonchev–Trinajstić information content (AvgIpc) is 2.38. The topological polar surface area (TPSA) is 26.3 Å². The lowest BCUT2D eigenvalue weighted by atomic mass is 10.0. The lowest BCUT2D eigenvalue weighted by Gasteiger charge is -2.05. The van der Waals surface area contributed by atoms with Crippen molar-refractivity contribution in [1.82, 2.24) is 0 Å². The molecule has 0 bridgehead atoms. The summed E-state index contributed by atoms with van der Waals surface area (Å²) >= 11 is 5.85. The van der Waals surface area contributed by atoms with Gasteiger partial charge in [-0.25, -0.2) is 4.39 Å². The van der Waals surface area contributed by atoms with E-state index in [1.54, 1.807) is 24.3 Å². The summed E-state index contributed by atoms with van der Waals surface area (Å²) in [6, 6.07) is 11.2. The fourth-order valence-corrected chi connectivity index (χ4v) is 1.99. The van der Waals surface area contributed by atoms with Crippen molar-refractivity contribution in [3.8, 4) is 5.75 Å². The van der Waals surface area contributed by atoms with Crippen LogP contribution in [0.3, 0.4) is 0 Å². The van der Waals surface area contributed by atoms with Crippen molar-refractivity contribution in [3.63, 3.8) is 0 Å². The Hall–Kier alpha value is -1.87. The second-order valence-electron chi connectivity index (χ2n) is 4.08. The summed E-state index contributed by atoms with van der Waals surface area (Å²) in [6.45, 7) is 0. The van der Waals surface area contributed by atoms with Crippen LogP contribution in [0.1, 0.15) is 15.9 Å². The van der Waals surface area contributed by atoms with Gasteiger partial charge < -0.3 is 4.74 Å². The minimum Gasteiger partial charge on any atom is -0.494 e. The molecule has 2 rings (SSSR count). The Bertz CT molecular complexity index is 611. The molecule has 19 heavy (non-hydrogen) atoms. The molecule has 0 saturated heterocycles. The number of ketones is 1. The maximum Gasteiger partial charge on any atom is 0.167 e. The van der Waals surface area contributed by atoms with Crippen LogP contribution in [0.5, 0.6) is 5.75 Å². The number of Topliss-reactive ketones (excluding diaryl/α,β-unsaturated/α-hetero) is 1. The molecule has 0 aliphatic rings. The standard InChI is InChI=1S/C15H12ClFO2/c1-19-15-6-5-11(9-13(15)17)14(18)8-10-3-2-4-12(16)7-10/h2-7,9H,8H2,1H3. The highest BCUT2D eigenvalue weighted by atomic mass is 35.5. The first-order chi connectivity index (χ1) is 9.10. The van der Waals surface area contributed by atoms with E-state index in [-0.39, 0.29) is 18.0 Å². The van der Waals surface area contributed by atoms with Gasteiger partial charge in [-0.15, -0.1) is 0 Å². The van der Waals surface area contributed by atoms with Gasteiger partial charge >= 0.3 is 0 Å². The van der Waals surface area contributed by atoms with E-state index in [4.69, 9.17) is 16.3 Å². The van der Waals surface area contributed by atoms with Gasteiger partial charge in [0.2, 0.25) is 0 Å². The van der Waals surface area contributed by atoms with Gasteiger partial charge in [0.25, 0.3) is 0 Å². The van der Waals surface area contributed by atoms with E-state index in [1.807, 2.05) is 6.07 Å². The Balaban J connectivity index is 2.18. The monoisotopic (exact) mass is 278 g/mol. The van der Waals surface area contributed by atoms with E-state index in [0.717, 1.165) is 5.56 Å². The highest BCUT2D eigenvalue weighted by molar-refractivity contribution is 6.30. The highest BCUT2D eigenvalue weighted by Crippen LogP contribution is 2.19. The number of hydrogen-bond acceptors (Lipinski definition) is 2. The van der Waals surface area contributed by atoms with Crippen LogP contribution in [0.25, 0.3) is 0 Å². The average molecular weight is 279 g/mol. The Labute approximate surface area is 115 Å². The summed E-state index contributed by atoms with van der Waals surface area (Å²) in [5, 5.41) is 0.575. The van der Waals surface area contributed by atoms with Gasteiger partial charge in [-0.2, -0.15) is 0 Å². The van der Waals surface area contributed by atoms with E-state index in [0.29, 0.717) is 10.6 Å². The van der Waals surface area contributed by atoms with Crippen LogP contribution < -0.4 is 4.74 Å². The Kier molecular flexibility index (Phi) is 4.17. The second kappa shape index (κ2) is 5.85. The zero-order valence-electron chi connectivity index (χ0n) is 10.3. The van der Waals surface area contributed by atoms with Crippen molar-refractivity contribution in [2.24, 2.45) is 0 Å². The molecular formula is C15H12ClFO2. The molecule has 0 spiro atoms. The summed E-state index contributed by atoms with van der Waals surface area (Å²) in [5.74, 6) is -0.581. The minimum atomic E-state index is -0.542. The number of rotatable bonds is 4.